The van der Waals surface area contributed by atoms with Gasteiger partial charge in [0.2, 0.25) is 0 Å². The summed E-state index contributed by atoms with van der Waals surface area (Å²) in [6.45, 7) is 1.99. The van der Waals surface area contributed by atoms with E-state index in [4.69, 9.17) is 21.1 Å². The Bertz CT molecular complexity index is 806. The van der Waals surface area contributed by atoms with E-state index in [1.165, 1.54) is 5.56 Å². The fourth-order valence-corrected chi connectivity index (χ4v) is 2.83. The molecular weight excluding hydrogens is 358 g/mol. The molecule has 0 aliphatic rings. The van der Waals surface area contributed by atoms with Gasteiger partial charge in [-0.1, -0.05) is 48.0 Å². The maximum atomic E-state index is 5.87. The minimum absolute atomic E-state index is 0.573. The third kappa shape index (κ3) is 6.87. The van der Waals surface area contributed by atoms with Gasteiger partial charge in [0.05, 0.1) is 6.61 Å². The minimum Gasteiger partial charge on any atom is -0.494 e. The van der Waals surface area contributed by atoms with Crippen LogP contribution in [0.3, 0.4) is 0 Å². The van der Waals surface area contributed by atoms with Crippen LogP contribution >= 0.6 is 11.6 Å². The van der Waals surface area contributed by atoms with E-state index in [-0.39, 0.29) is 0 Å². The number of nitrogens with one attached hydrogen (secondary N) is 1. The molecule has 0 unspecified atom stereocenters. The van der Waals surface area contributed by atoms with Crippen LogP contribution in [0.25, 0.3) is 0 Å². The van der Waals surface area contributed by atoms with E-state index >= 15 is 0 Å². The highest BCUT2D eigenvalue weighted by atomic mass is 35.5. The number of ether oxygens (including phenoxy) is 2. The molecule has 0 saturated heterocycles. The van der Waals surface area contributed by atoms with Crippen molar-refractivity contribution in [3.63, 3.8) is 0 Å². The monoisotopic (exact) mass is 381 g/mol. The molecule has 140 valence electrons. The molecule has 0 aliphatic carbocycles. The number of aryl methyl sites for hydroxylation is 1. The number of hydrogen-bond acceptors (Lipinski definition) is 3. The zero-order valence-corrected chi connectivity index (χ0v) is 16.0. The van der Waals surface area contributed by atoms with Crippen LogP contribution in [0.1, 0.15) is 12.0 Å². The van der Waals surface area contributed by atoms with Crippen molar-refractivity contribution in [1.29, 1.82) is 0 Å². The lowest BCUT2D eigenvalue weighted by Crippen LogP contribution is -2.11. The Morgan fingerprint density at radius 2 is 1.52 bits per heavy atom. The van der Waals surface area contributed by atoms with Crippen LogP contribution in [-0.4, -0.2) is 19.8 Å². The van der Waals surface area contributed by atoms with Gasteiger partial charge in [-0.25, -0.2) is 0 Å². The Labute approximate surface area is 165 Å². The van der Waals surface area contributed by atoms with Crippen LogP contribution in [0.15, 0.2) is 78.9 Å². The molecule has 0 saturated carbocycles. The van der Waals surface area contributed by atoms with Gasteiger partial charge in [0.1, 0.15) is 18.1 Å². The molecule has 0 spiro atoms. The lowest BCUT2D eigenvalue weighted by Gasteiger charge is -2.11. The third-order valence-electron chi connectivity index (χ3n) is 4.07. The summed E-state index contributed by atoms with van der Waals surface area (Å²) in [6.07, 6.45) is 2.03. The molecular formula is C23H24ClNO2. The third-order valence-corrected chi connectivity index (χ3v) is 4.32. The molecule has 0 heterocycles. The van der Waals surface area contributed by atoms with E-state index in [1.807, 2.05) is 54.6 Å². The average Bonchev–Trinajstić information content (AvgIpc) is 2.71. The molecule has 0 radical (unpaired) electrons. The van der Waals surface area contributed by atoms with E-state index in [1.54, 1.807) is 0 Å². The molecule has 0 aromatic heterocycles. The Hall–Kier alpha value is -2.65. The molecule has 0 fully saturated rings. The Morgan fingerprint density at radius 1 is 0.741 bits per heavy atom. The van der Waals surface area contributed by atoms with Crippen molar-refractivity contribution in [2.45, 2.75) is 12.8 Å². The van der Waals surface area contributed by atoms with Gasteiger partial charge in [-0.05, 0) is 54.8 Å². The number of halogens is 1. The molecule has 3 aromatic rings. The second-order valence-corrected chi connectivity index (χ2v) is 6.63. The zero-order chi connectivity index (χ0) is 18.7. The van der Waals surface area contributed by atoms with Gasteiger partial charge in [0.25, 0.3) is 0 Å². The summed E-state index contributed by atoms with van der Waals surface area (Å²) in [6, 6.07) is 25.9. The topological polar surface area (TPSA) is 30.5 Å². The van der Waals surface area contributed by atoms with Gasteiger partial charge >= 0.3 is 0 Å². The normalized spacial score (nSPS) is 10.4. The van der Waals surface area contributed by atoms with Crippen LogP contribution in [0.4, 0.5) is 5.69 Å². The summed E-state index contributed by atoms with van der Waals surface area (Å²) in [5.41, 5.74) is 2.37. The minimum atomic E-state index is 0.573. The molecule has 0 aliphatic heterocycles. The SMILES string of the molecule is Clc1ccc(OCCNc2cccc(OCCCc3ccccc3)c2)cc1. The molecule has 0 atom stereocenters. The fraction of sp³-hybridized carbons (Fsp3) is 0.217. The largest absolute Gasteiger partial charge is 0.494 e. The number of hydrogen-bond donors (Lipinski definition) is 1. The predicted octanol–water partition coefficient (Wildman–Crippen LogP) is 5.84. The highest BCUT2D eigenvalue weighted by molar-refractivity contribution is 6.30. The van der Waals surface area contributed by atoms with Crippen LogP contribution in [0.2, 0.25) is 5.02 Å². The van der Waals surface area contributed by atoms with Gasteiger partial charge in [-0.2, -0.15) is 0 Å². The Balaban J connectivity index is 1.36. The van der Waals surface area contributed by atoms with E-state index in [0.717, 1.165) is 30.0 Å². The molecule has 3 nitrogen and oxygen atoms in total. The summed E-state index contributed by atoms with van der Waals surface area (Å²) in [7, 11) is 0. The van der Waals surface area contributed by atoms with E-state index in [9.17, 15) is 0 Å². The molecule has 0 amide bonds. The van der Waals surface area contributed by atoms with Crippen LogP contribution in [-0.2, 0) is 6.42 Å². The molecule has 0 bridgehead atoms. The van der Waals surface area contributed by atoms with Gasteiger partial charge in [-0.15, -0.1) is 0 Å². The van der Waals surface area contributed by atoms with Gasteiger partial charge in [0, 0.05) is 23.3 Å². The summed E-state index contributed by atoms with van der Waals surface area (Å²) >= 11 is 5.86. The molecule has 27 heavy (non-hydrogen) atoms. The Morgan fingerprint density at radius 3 is 2.33 bits per heavy atom. The summed E-state index contributed by atoms with van der Waals surface area (Å²) < 4.78 is 11.6. The molecule has 3 aromatic carbocycles. The van der Waals surface area contributed by atoms with Crippen molar-refractivity contribution in [1.82, 2.24) is 0 Å². The van der Waals surface area contributed by atoms with Gasteiger partial charge in [-0.3, -0.25) is 0 Å². The van der Waals surface area contributed by atoms with E-state index in [2.05, 4.69) is 29.6 Å². The van der Waals surface area contributed by atoms with Crippen molar-refractivity contribution in [3.8, 4) is 11.5 Å². The first-order valence-corrected chi connectivity index (χ1v) is 9.56. The van der Waals surface area contributed by atoms with Crippen molar-refractivity contribution < 1.29 is 9.47 Å². The summed E-state index contributed by atoms with van der Waals surface area (Å²) in [5, 5.41) is 4.06. The summed E-state index contributed by atoms with van der Waals surface area (Å²) in [4.78, 5) is 0. The first kappa shape index (κ1) is 19.1. The van der Waals surface area contributed by atoms with E-state index < -0.39 is 0 Å². The zero-order valence-electron chi connectivity index (χ0n) is 15.2. The number of benzene rings is 3. The molecule has 3 rings (SSSR count). The fourth-order valence-electron chi connectivity index (χ4n) is 2.70. The molecule has 4 heteroatoms. The van der Waals surface area contributed by atoms with Gasteiger partial charge < -0.3 is 14.8 Å². The van der Waals surface area contributed by atoms with Crippen molar-refractivity contribution in [2.75, 3.05) is 25.1 Å². The van der Waals surface area contributed by atoms with Crippen LogP contribution in [0, 0.1) is 0 Å². The van der Waals surface area contributed by atoms with Crippen LogP contribution < -0.4 is 14.8 Å². The average molecular weight is 382 g/mol. The molecule has 1 N–H and O–H groups in total. The maximum absolute atomic E-state index is 5.87. The Kier molecular flexibility index (Phi) is 7.43. The standard InChI is InChI=1S/C23H24ClNO2/c24-20-11-13-22(14-12-20)27-17-15-25-21-9-4-10-23(18-21)26-16-5-8-19-6-2-1-3-7-19/h1-4,6-7,9-14,18,25H,5,8,15-17H2. The number of anilines is 1. The second kappa shape index (κ2) is 10.5. The smallest absolute Gasteiger partial charge is 0.121 e. The quantitative estimate of drug-likeness (QED) is 0.447. The summed E-state index contributed by atoms with van der Waals surface area (Å²) in [5.74, 6) is 1.70. The first-order valence-electron chi connectivity index (χ1n) is 9.19. The second-order valence-electron chi connectivity index (χ2n) is 6.19. The van der Waals surface area contributed by atoms with Crippen molar-refractivity contribution >= 4 is 17.3 Å². The van der Waals surface area contributed by atoms with Crippen molar-refractivity contribution in [3.05, 3.63) is 89.4 Å². The van der Waals surface area contributed by atoms with Crippen LogP contribution in [0.5, 0.6) is 11.5 Å². The van der Waals surface area contributed by atoms with Gasteiger partial charge in [0.15, 0.2) is 0 Å². The predicted molar refractivity (Wildman–Crippen MR) is 112 cm³/mol. The lowest BCUT2D eigenvalue weighted by molar-refractivity contribution is 0.311. The highest BCUT2D eigenvalue weighted by Gasteiger charge is 1.99. The lowest BCUT2D eigenvalue weighted by atomic mass is 10.1. The van der Waals surface area contributed by atoms with Crippen molar-refractivity contribution in [2.24, 2.45) is 0 Å². The first-order chi connectivity index (χ1) is 13.3. The maximum Gasteiger partial charge on any atom is 0.121 e. The highest BCUT2D eigenvalue weighted by Crippen LogP contribution is 2.18. The van der Waals surface area contributed by atoms with E-state index in [0.29, 0.717) is 24.8 Å². The number of rotatable bonds is 10.